The van der Waals surface area contributed by atoms with Crippen molar-refractivity contribution in [3.63, 3.8) is 0 Å². The van der Waals surface area contributed by atoms with Crippen molar-refractivity contribution in [2.45, 2.75) is 6.10 Å². The van der Waals surface area contributed by atoms with Crippen molar-refractivity contribution < 1.29 is 15.0 Å². The zero-order valence-corrected chi connectivity index (χ0v) is 16.5. The van der Waals surface area contributed by atoms with Gasteiger partial charge in [0.05, 0.1) is 12.7 Å². The molecule has 2 aromatic rings. The fraction of sp³-hybridized carbons (Fsp3) is 0.0714. The number of rotatable bonds is 3. The molecule has 0 aromatic heterocycles. The molecule has 1 unspecified atom stereocenters. The zero-order valence-electron chi connectivity index (χ0n) is 9.98. The highest BCUT2D eigenvalue weighted by Gasteiger charge is 2.25. The number of aliphatic hydroxyl groups is 1. The molecular weight excluding hydrogens is 597 g/mol. The largest absolute Gasteiger partial charge is 0.506 e. The molecule has 0 saturated carbocycles. The number of carbonyl (C=O) groups excluding carboxylic acids is 1. The third kappa shape index (κ3) is 3.28. The van der Waals surface area contributed by atoms with Crippen molar-refractivity contribution in [2.24, 2.45) is 0 Å². The molecule has 104 valence electrons. The molecule has 2 aromatic carbocycles. The first-order valence-corrected chi connectivity index (χ1v) is 8.80. The highest BCUT2D eigenvalue weighted by atomic mass is 127. The smallest absolute Gasteiger partial charge is 0.198 e. The normalized spacial score (nSPS) is 12.2. The maximum atomic E-state index is 12.5. The summed E-state index contributed by atoms with van der Waals surface area (Å²) in [7, 11) is 0. The van der Waals surface area contributed by atoms with Crippen LogP contribution in [0.4, 0.5) is 0 Å². The molecule has 0 aliphatic rings. The summed E-state index contributed by atoms with van der Waals surface area (Å²) in [6, 6.07) is 10.5. The van der Waals surface area contributed by atoms with E-state index in [-0.39, 0.29) is 5.75 Å². The van der Waals surface area contributed by atoms with Crippen LogP contribution in [-0.4, -0.2) is 16.0 Å². The average molecular weight is 606 g/mol. The Labute approximate surface area is 157 Å². The Balaban J connectivity index is 2.47. The number of halogens is 3. The quantitative estimate of drug-likeness (QED) is 0.409. The standard InChI is InChI=1S/C14H9I3O3/c15-8-6-9(16)13(19)11(17)10(8)14(20)12(18)7-4-2-1-3-5-7/h1-6,12,18-19H. The molecule has 0 radical (unpaired) electrons. The summed E-state index contributed by atoms with van der Waals surface area (Å²) >= 11 is 5.99. The maximum Gasteiger partial charge on any atom is 0.198 e. The molecule has 20 heavy (non-hydrogen) atoms. The van der Waals surface area contributed by atoms with Gasteiger partial charge >= 0.3 is 0 Å². The molecule has 0 bridgehead atoms. The molecule has 0 saturated heterocycles. The zero-order chi connectivity index (χ0) is 14.9. The predicted molar refractivity (Wildman–Crippen MR) is 102 cm³/mol. The van der Waals surface area contributed by atoms with Crippen molar-refractivity contribution in [3.05, 3.63) is 58.2 Å². The van der Waals surface area contributed by atoms with E-state index in [4.69, 9.17) is 0 Å². The molecular formula is C14H9I3O3. The number of hydrogen-bond donors (Lipinski definition) is 2. The molecule has 1 atom stereocenters. The molecule has 0 amide bonds. The van der Waals surface area contributed by atoms with E-state index in [0.29, 0.717) is 21.8 Å². The molecule has 0 spiro atoms. The van der Waals surface area contributed by atoms with Gasteiger partial charge in [-0.15, -0.1) is 0 Å². The second kappa shape index (κ2) is 6.88. The number of Topliss-reactive ketones (excluding diaryl/α,β-unsaturated/α-hetero) is 1. The first-order valence-electron chi connectivity index (χ1n) is 5.57. The van der Waals surface area contributed by atoms with Gasteiger partial charge in [0.25, 0.3) is 0 Å². The Bertz CT molecular complexity index is 656. The van der Waals surface area contributed by atoms with Gasteiger partial charge in [-0.3, -0.25) is 4.79 Å². The highest BCUT2D eigenvalue weighted by molar-refractivity contribution is 14.1. The summed E-state index contributed by atoms with van der Waals surface area (Å²) in [6.45, 7) is 0. The Morgan fingerprint density at radius 3 is 2.25 bits per heavy atom. The summed E-state index contributed by atoms with van der Waals surface area (Å²) in [4.78, 5) is 12.5. The number of phenols is 1. The Kier molecular flexibility index (Phi) is 5.65. The molecule has 0 aliphatic heterocycles. The number of phenolic OH excluding ortho intramolecular Hbond substituents is 1. The van der Waals surface area contributed by atoms with Gasteiger partial charge in [0.15, 0.2) is 5.78 Å². The lowest BCUT2D eigenvalue weighted by molar-refractivity contribution is 0.0745. The molecule has 3 nitrogen and oxygen atoms in total. The second-order valence-electron chi connectivity index (χ2n) is 4.06. The molecule has 0 aliphatic carbocycles. The lowest BCUT2D eigenvalue weighted by atomic mass is 10.00. The van der Waals surface area contributed by atoms with Crippen LogP contribution < -0.4 is 0 Å². The third-order valence-electron chi connectivity index (χ3n) is 2.76. The van der Waals surface area contributed by atoms with Crippen molar-refractivity contribution in [3.8, 4) is 5.75 Å². The van der Waals surface area contributed by atoms with E-state index < -0.39 is 11.9 Å². The number of carbonyl (C=O) groups is 1. The van der Waals surface area contributed by atoms with Crippen LogP contribution in [0.5, 0.6) is 5.75 Å². The average Bonchev–Trinajstić information content (AvgIpc) is 2.45. The van der Waals surface area contributed by atoms with Gasteiger partial charge < -0.3 is 10.2 Å². The summed E-state index contributed by atoms with van der Waals surface area (Å²) in [5.74, 6) is -0.327. The molecule has 0 fully saturated rings. The lowest BCUT2D eigenvalue weighted by Crippen LogP contribution is -2.15. The van der Waals surface area contributed by atoms with Crippen LogP contribution >= 0.6 is 67.8 Å². The number of hydrogen-bond acceptors (Lipinski definition) is 3. The minimum atomic E-state index is -1.22. The number of aliphatic hydroxyl groups excluding tert-OH is 1. The summed E-state index contributed by atoms with van der Waals surface area (Å²) in [5, 5.41) is 20.2. The number of aromatic hydroxyl groups is 1. The fourth-order valence-electron chi connectivity index (χ4n) is 1.73. The predicted octanol–water partition coefficient (Wildman–Crippen LogP) is 4.12. The van der Waals surface area contributed by atoms with E-state index >= 15 is 0 Å². The van der Waals surface area contributed by atoms with Crippen LogP contribution in [0.15, 0.2) is 36.4 Å². The van der Waals surface area contributed by atoms with E-state index in [0.717, 1.165) is 0 Å². The Morgan fingerprint density at radius 1 is 1.05 bits per heavy atom. The second-order valence-corrected chi connectivity index (χ2v) is 7.46. The van der Waals surface area contributed by atoms with Gasteiger partial charge in [-0.05, 0) is 79.4 Å². The Hall–Kier alpha value is 0.0600. The van der Waals surface area contributed by atoms with Crippen molar-refractivity contribution in [2.75, 3.05) is 0 Å². The fourth-order valence-corrected chi connectivity index (χ4v) is 5.63. The van der Waals surface area contributed by atoms with Crippen LogP contribution in [0.3, 0.4) is 0 Å². The molecule has 0 heterocycles. The van der Waals surface area contributed by atoms with Gasteiger partial charge in [0.1, 0.15) is 11.9 Å². The van der Waals surface area contributed by atoms with Crippen molar-refractivity contribution in [1.82, 2.24) is 0 Å². The number of ketones is 1. The SMILES string of the molecule is O=C(c1c(I)cc(I)c(O)c1I)C(O)c1ccccc1. The van der Waals surface area contributed by atoms with Crippen LogP contribution in [0.2, 0.25) is 0 Å². The van der Waals surface area contributed by atoms with Gasteiger partial charge in [-0.1, -0.05) is 30.3 Å². The van der Waals surface area contributed by atoms with Gasteiger partial charge in [-0.2, -0.15) is 0 Å². The summed E-state index contributed by atoms with van der Waals surface area (Å²) in [6.07, 6.45) is -1.22. The van der Waals surface area contributed by atoms with Crippen LogP contribution in [0.25, 0.3) is 0 Å². The first-order chi connectivity index (χ1) is 9.43. The lowest BCUT2D eigenvalue weighted by Gasteiger charge is -2.14. The molecule has 6 heteroatoms. The van der Waals surface area contributed by atoms with Crippen molar-refractivity contribution >= 4 is 73.6 Å². The first kappa shape index (κ1) is 16.4. The van der Waals surface area contributed by atoms with E-state index in [1.165, 1.54) is 0 Å². The summed E-state index contributed by atoms with van der Waals surface area (Å²) < 4.78 is 1.87. The van der Waals surface area contributed by atoms with Gasteiger partial charge in [-0.25, -0.2) is 0 Å². The topological polar surface area (TPSA) is 57.5 Å². The molecule has 2 rings (SSSR count). The highest BCUT2D eigenvalue weighted by Crippen LogP contribution is 2.34. The summed E-state index contributed by atoms with van der Waals surface area (Å²) in [5.41, 5.74) is 0.905. The van der Waals surface area contributed by atoms with Crippen LogP contribution in [0.1, 0.15) is 22.0 Å². The third-order valence-corrected chi connectivity index (χ3v) is 5.48. The van der Waals surface area contributed by atoms with E-state index in [1.807, 2.05) is 73.8 Å². The van der Waals surface area contributed by atoms with Crippen molar-refractivity contribution in [1.29, 1.82) is 0 Å². The van der Waals surface area contributed by atoms with E-state index in [9.17, 15) is 15.0 Å². The van der Waals surface area contributed by atoms with E-state index in [1.54, 1.807) is 30.3 Å². The minimum absolute atomic E-state index is 0.0789. The van der Waals surface area contributed by atoms with Crippen LogP contribution in [-0.2, 0) is 0 Å². The minimum Gasteiger partial charge on any atom is -0.506 e. The van der Waals surface area contributed by atoms with E-state index in [2.05, 4.69) is 0 Å². The van der Waals surface area contributed by atoms with Gasteiger partial charge in [0.2, 0.25) is 0 Å². The molecule has 2 N–H and O–H groups in total. The maximum absolute atomic E-state index is 12.5. The Morgan fingerprint density at radius 2 is 1.65 bits per heavy atom. The van der Waals surface area contributed by atoms with Gasteiger partial charge in [0, 0.05) is 3.57 Å². The van der Waals surface area contributed by atoms with Crippen LogP contribution in [0, 0.1) is 10.7 Å². The monoisotopic (exact) mass is 606 g/mol. The number of benzene rings is 2.